The lowest BCUT2D eigenvalue weighted by molar-refractivity contribution is 0.111. The lowest BCUT2D eigenvalue weighted by Crippen LogP contribution is -2.43. The van der Waals surface area contributed by atoms with Crippen molar-refractivity contribution < 1.29 is 4.74 Å². The van der Waals surface area contributed by atoms with Gasteiger partial charge in [-0.15, -0.1) is 0 Å². The first-order valence-electron chi connectivity index (χ1n) is 8.04. The number of benzene rings is 1. The van der Waals surface area contributed by atoms with Crippen molar-refractivity contribution in [2.24, 2.45) is 11.3 Å². The Bertz CT molecular complexity index is 439. The van der Waals surface area contributed by atoms with Gasteiger partial charge in [-0.3, -0.25) is 0 Å². The van der Waals surface area contributed by atoms with Crippen LogP contribution in [0.5, 0.6) is 5.75 Å². The van der Waals surface area contributed by atoms with Gasteiger partial charge in [0.05, 0.1) is 7.11 Å². The van der Waals surface area contributed by atoms with E-state index < -0.39 is 0 Å². The van der Waals surface area contributed by atoms with E-state index in [1.807, 2.05) is 12.1 Å². The van der Waals surface area contributed by atoms with Crippen LogP contribution in [0.3, 0.4) is 0 Å². The molecule has 3 nitrogen and oxygen atoms in total. The molecule has 1 fully saturated rings. The fourth-order valence-corrected chi connectivity index (χ4v) is 3.52. The molecular formula is C18H30N2O. The molecule has 21 heavy (non-hydrogen) atoms. The summed E-state index contributed by atoms with van der Waals surface area (Å²) >= 11 is 0. The summed E-state index contributed by atoms with van der Waals surface area (Å²) in [5.74, 6) is 1.76. The van der Waals surface area contributed by atoms with Crippen molar-refractivity contribution in [3.05, 3.63) is 29.8 Å². The van der Waals surface area contributed by atoms with Crippen molar-refractivity contribution in [1.82, 2.24) is 10.2 Å². The third kappa shape index (κ3) is 4.45. The Morgan fingerprint density at radius 2 is 2.10 bits per heavy atom. The van der Waals surface area contributed by atoms with Crippen LogP contribution in [0.1, 0.15) is 32.3 Å². The SMILES string of the molecule is COc1ccccc1CN(C)CC(C)(C)C1CCCNC1. The molecule has 1 atom stereocenters. The molecule has 1 aliphatic rings. The molecule has 1 aliphatic heterocycles. The highest BCUT2D eigenvalue weighted by molar-refractivity contribution is 5.33. The van der Waals surface area contributed by atoms with Crippen LogP contribution in [-0.4, -0.2) is 38.7 Å². The second-order valence-corrected chi connectivity index (χ2v) is 7.02. The van der Waals surface area contributed by atoms with Crippen molar-refractivity contribution in [2.45, 2.75) is 33.2 Å². The molecule has 0 amide bonds. The van der Waals surface area contributed by atoms with E-state index in [1.165, 1.54) is 24.9 Å². The number of piperidine rings is 1. The summed E-state index contributed by atoms with van der Waals surface area (Å²) in [5, 5.41) is 3.54. The molecule has 1 heterocycles. The number of hydrogen-bond donors (Lipinski definition) is 1. The predicted molar refractivity (Wildman–Crippen MR) is 88.7 cm³/mol. The largest absolute Gasteiger partial charge is 0.496 e. The van der Waals surface area contributed by atoms with Crippen molar-refractivity contribution in [2.75, 3.05) is 33.8 Å². The van der Waals surface area contributed by atoms with Crippen molar-refractivity contribution in [3.8, 4) is 5.75 Å². The Morgan fingerprint density at radius 3 is 2.76 bits per heavy atom. The molecule has 1 unspecified atom stereocenters. The van der Waals surface area contributed by atoms with Crippen LogP contribution in [0.2, 0.25) is 0 Å². The molecule has 118 valence electrons. The fraction of sp³-hybridized carbons (Fsp3) is 0.667. The van der Waals surface area contributed by atoms with Crippen LogP contribution >= 0.6 is 0 Å². The normalized spacial score (nSPS) is 19.8. The first-order chi connectivity index (χ1) is 10.0. The zero-order valence-corrected chi connectivity index (χ0v) is 14.0. The third-order valence-corrected chi connectivity index (χ3v) is 4.71. The van der Waals surface area contributed by atoms with Gasteiger partial charge in [-0.2, -0.15) is 0 Å². The molecule has 1 aromatic carbocycles. The maximum Gasteiger partial charge on any atom is 0.123 e. The Morgan fingerprint density at radius 1 is 1.33 bits per heavy atom. The zero-order valence-electron chi connectivity index (χ0n) is 14.0. The minimum atomic E-state index is 0.337. The van der Waals surface area contributed by atoms with Gasteiger partial charge in [-0.1, -0.05) is 32.0 Å². The van der Waals surface area contributed by atoms with Gasteiger partial charge in [-0.05, 0) is 50.4 Å². The predicted octanol–water partition coefficient (Wildman–Crippen LogP) is 3.15. The number of rotatable bonds is 6. The van der Waals surface area contributed by atoms with Gasteiger partial charge in [0.25, 0.3) is 0 Å². The second-order valence-electron chi connectivity index (χ2n) is 7.02. The topological polar surface area (TPSA) is 24.5 Å². The molecule has 0 saturated carbocycles. The molecule has 0 bridgehead atoms. The Balaban J connectivity index is 1.95. The average Bonchev–Trinajstić information content (AvgIpc) is 2.48. The highest BCUT2D eigenvalue weighted by Crippen LogP contribution is 2.33. The minimum Gasteiger partial charge on any atom is -0.496 e. The summed E-state index contributed by atoms with van der Waals surface area (Å²) in [6, 6.07) is 8.31. The molecule has 1 aromatic rings. The van der Waals surface area contributed by atoms with Crippen LogP contribution in [0.4, 0.5) is 0 Å². The third-order valence-electron chi connectivity index (χ3n) is 4.71. The van der Waals surface area contributed by atoms with Gasteiger partial charge in [0.15, 0.2) is 0 Å². The minimum absolute atomic E-state index is 0.337. The summed E-state index contributed by atoms with van der Waals surface area (Å²) < 4.78 is 5.46. The summed E-state index contributed by atoms with van der Waals surface area (Å²) in [7, 11) is 3.96. The molecular weight excluding hydrogens is 260 g/mol. The van der Waals surface area contributed by atoms with E-state index in [2.05, 4.69) is 43.2 Å². The molecule has 0 aromatic heterocycles. The average molecular weight is 290 g/mol. The number of methoxy groups -OCH3 is 1. The van der Waals surface area contributed by atoms with Crippen molar-refractivity contribution in [1.29, 1.82) is 0 Å². The molecule has 3 heteroatoms. The van der Waals surface area contributed by atoms with E-state index in [1.54, 1.807) is 7.11 Å². The maximum absolute atomic E-state index is 5.46. The number of nitrogens with one attached hydrogen (secondary N) is 1. The standard InChI is InChI=1S/C18H30N2O/c1-18(2,16-9-7-11-19-12-16)14-20(3)13-15-8-5-6-10-17(15)21-4/h5-6,8,10,16,19H,7,9,11-14H2,1-4H3. The summed E-state index contributed by atoms with van der Waals surface area (Å²) in [6.07, 6.45) is 2.66. The van der Waals surface area contributed by atoms with Gasteiger partial charge < -0.3 is 15.0 Å². The Labute approximate surface area is 129 Å². The molecule has 0 spiro atoms. The fourth-order valence-electron chi connectivity index (χ4n) is 3.52. The zero-order chi connectivity index (χ0) is 15.3. The Kier molecular flexibility index (Phi) is 5.65. The van der Waals surface area contributed by atoms with Crippen LogP contribution in [0.25, 0.3) is 0 Å². The molecule has 2 rings (SSSR count). The molecule has 1 N–H and O–H groups in total. The van der Waals surface area contributed by atoms with E-state index in [9.17, 15) is 0 Å². The lowest BCUT2D eigenvalue weighted by Gasteiger charge is -2.40. The van der Waals surface area contributed by atoms with Crippen molar-refractivity contribution >= 4 is 0 Å². The van der Waals surface area contributed by atoms with E-state index >= 15 is 0 Å². The molecule has 1 saturated heterocycles. The quantitative estimate of drug-likeness (QED) is 0.871. The number of para-hydroxylation sites is 1. The van der Waals surface area contributed by atoms with Crippen molar-refractivity contribution in [3.63, 3.8) is 0 Å². The van der Waals surface area contributed by atoms with Gasteiger partial charge in [0.1, 0.15) is 5.75 Å². The van der Waals surface area contributed by atoms with Gasteiger partial charge in [0.2, 0.25) is 0 Å². The van der Waals surface area contributed by atoms with Crippen LogP contribution in [-0.2, 0) is 6.54 Å². The van der Waals surface area contributed by atoms with Gasteiger partial charge in [0, 0.05) is 18.7 Å². The van der Waals surface area contributed by atoms with Crippen LogP contribution < -0.4 is 10.1 Å². The van der Waals surface area contributed by atoms with E-state index in [4.69, 9.17) is 4.74 Å². The van der Waals surface area contributed by atoms with E-state index in [0.717, 1.165) is 31.3 Å². The molecule has 0 aliphatic carbocycles. The van der Waals surface area contributed by atoms with Gasteiger partial charge >= 0.3 is 0 Å². The first-order valence-corrected chi connectivity index (χ1v) is 8.04. The highest BCUT2D eigenvalue weighted by Gasteiger charge is 2.31. The summed E-state index contributed by atoms with van der Waals surface area (Å²) in [5.41, 5.74) is 1.60. The summed E-state index contributed by atoms with van der Waals surface area (Å²) in [6.45, 7) is 9.21. The maximum atomic E-state index is 5.46. The monoisotopic (exact) mass is 290 g/mol. The number of nitrogens with zero attached hydrogens (tertiary/aromatic N) is 1. The number of ether oxygens (including phenoxy) is 1. The smallest absolute Gasteiger partial charge is 0.123 e. The number of hydrogen-bond acceptors (Lipinski definition) is 3. The highest BCUT2D eigenvalue weighted by atomic mass is 16.5. The molecule has 0 radical (unpaired) electrons. The second kappa shape index (κ2) is 7.28. The van der Waals surface area contributed by atoms with Crippen LogP contribution in [0.15, 0.2) is 24.3 Å². The van der Waals surface area contributed by atoms with Gasteiger partial charge in [-0.25, -0.2) is 0 Å². The lowest BCUT2D eigenvalue weighted by atomic mass is 9.74. The van der Waals surface area contributed by atoms with E-state index in [0.29, 0.717) is 5.41 Å². The van der Waals surface area contributed by atoms with E-state index in [-0.39, 0.29) is 0 Å². The Hall–Kier alpha value is -1.06. The van der Waals surface area contributed by atoms with Crippen LogP contribution in [0, 0.1) is 11.3 Å². The summed E-state index contributed by atoms with van der Waals surface area (Å²) in [4.78, 5) is 2.42. The first kappa shape index (κ1) is 16.3.